The Kier molecular flexibility index (Phi) is 6.02. The number of carbonyl (C=O) groups excluding carboxylic acids is 1. The average Bonchev–Trinajstić information content (AvgIpc) is 2.56. The van der Waals surface area contributed by atoms with Crippen molar-refractivity contribution in [3.05, 3.63) is 60.2 Å². The number of ether oxygens (including phenoxy) is 1. The van der Waals surface area contributed by atoms with E-state index in [9.17, 15) is 4.79 Å². The fourth-order valence-electron chi connectivity index (χ4n) is 2.63. The minimum atomic E-state index is 0. The Bertz CT molecular complexity index is 648. The SMILES string of the molecule is CC1CNCCN1C(=O)c1cccc(Oc2ccccc2)c1.Cl. The Morgan fingerprint density at radius 1 is 1.13 bits per heavy atom. The fraction of sp³-hybridized carbons (Fsp3) is 0.278. The first kappa shape index (κ1) is 17.3. The van der Waals surface area contributed by atoms with E-state index in [0.29, 0.717) is 11.3 Å². The van der Waals surface area contributed by atoms with Gasteiger partial charge >= 0.3 is 0 Å². The molecule has 1 N–H and O–H groups in total. The molecule has 0 radical (unpaired) electrons. The summed E-state index contributed by atoms with van der Waals surface area (Å²) in [6.45, 7) is 4.49. The average molecular weight is 333 g/mol. The van der Waals surface area contributed by atoms with Crippen LogP contribution in [-0.2, 0) is 0 Å². The Morgan fingerprint density at radius 2 is 1.87 bits per heavy atom. The van der Waals surface area contributed by atoms with Crippen molar-refractivity contribution >= 4 is 18.3 Å². The first-order chi connectivity index (χ1) is 10.7. The van der Waals surface area contributed by atoms with Crippen molar-refractivity contribution in [1.82, 2.24) is 10.2 Å². The van der Waals surface area contributed by atoms with E-state index in [1.54, 1.807) is 0 Å². The number of amides is 1. The number of nitrogens with one attached hydrogen (secondary N) is 1. The highest BCUT2D eigenvalue weighted by Crippen LogP contribution is 2.22. The lowest BCUT2D eigenvalue weighted by atomic mass is 10.1. The lowest BCUT2D eigenvalue weighted by Crippen LogP contribution is -2.52. The van der Waals surface area contributed by atoms with Crippen molar-refractivity contribution in [3.8, 4) is 11.5 Å². The molecule has 2 aromatic carbocycles. The maximum atomic E-state index is 12.7. The predicted molar refractivity (Wildman–Crippen MR) is 93.6 cm³/mol. The molecule has 0 aliphatic carbocycles. The lowest BCUT2D eigenvalue weighted by molar-refractivity contribution is 0.0655. The van der Waals surface area contributed by atoms with E-state index in [1.807, 2.05) is 59.5 Å². The molecule has 122 valence electrons. The van der Waals surface area contributed by atoms with E-state index in [0.717, 1.165) is 25.4 Å². The van der Waals surface area contributed by atoms with Gasteiger partial charge in [0.15, 0.2) is 0 Å². The van der Waals surface area contributed by atoms with E-state index >= 15 is 0 Å². The third-order valence-corrected chi connectivity index (χ3v) is 3.82. The summed E-state index contributed by atoms with van der Waals surface area (Å²) in [5.41, 5.74) is 0.669. The molecule has 2 aromatic rings. The van der Waals surface area contributed by atoms with Gasteiger partial charge < -0.3 is 15.0 Å². The van der Waals surface area contributed by atoms with Crippen LogP contribution in [0.1, 0.15) is 17.3 Å². The Hall–Kier alpha value is -2.04. The molecule has 23 heavy (non-hydrogen) atoms. The summed E-state index contributed by atoms with van der Waals surface area (Å²) in [6.07, 6.45) is 0. The van der Waals surface area contributed by atoms with Crippen molar-refractivity contribution in [2.45, 2.75) is 13.0 Å². The molecule has 5 heteroatoms. The van der Waals surface area contributed by atoms with Crippen LogP contribution >= 0.6 is 12.4 Å². The van der Waals surface area contributed by atoms with Gasteiger partial charge in [-0.15, -0.1) is 12.4 Å². The van der Waals surface area contributed by atoms with Gasteiger partial charge in [-0.2, -0.15) is 0 Å². The summed E-state index contributed by atoms with van der Waals surface area (Å²) in [7, 11) is 0. The summed E-state index contributed by atoms with van der Waals surface area (Å²) >= 11 is 0. The van der Waals surface area contributed by atoms with Crippen LogP contribution in [0.2, 0.25) is 0 Å². The number of nitrogens with zero attached hydrogens (tertiary/aromatic N) is 1. The molecule has 1 heterocycles. The van der Waals surface area contributed by atoms with Crippen molar-refractivity contribution in [2.75, 3.05) is 19.6 Å². The molecular weight excluding hydrogens is 312 g/mol. The number of piperazine rings is 1. The molecule has 1 aliphatic heterocycles. The first-order valence-electron chi connectivity index (χ1n) is 7.59. The summed E-state index contributed by atoms with van der Waals surface area (Å²) in [6, 6.07) is 17.2. The molecule has 3 rings (SSSR count). The Morgan fingerprint density at radius 3 is 2.61 bits per heavy atom. The van der Waals surface area contributed by atoms with Gasteiger partial charge in [-0.1, -0.05) is 24.3 Å². The quantitative estimate of drug-likeness (QED) is 0.937. The monoisotopic (exact) mass is 332 g/mol. The van der Waals surface area contributed by atoms with Gasteiger partial charge in [0, 0.05) is 31.2 Å². The molecule has 1 unspecified atom stereocenters. The van der Waals surface area contributed by atoms with E-state index in [2.05, 4.69) is 12.2 Å². The van der Waals surface area contributed by atoms with Crippen LogP contribution in [0.4, 0.5) is 0 Å². The number of hydrogen-bond acceptors (Lipinski definition) is 3. The van der Waals surface area contributed by atoms with E-state index < -0.39 is 0 Å². The van der Waals surface area contributed by atoms with Gasteiger partial charge in [0.1, 0.15) is 11.5 Å². The third kappa shape index (κ3) is 4.24. The molecule has 0 spiro atoms. The maximum Gasteiger partial charge on any atom is 0.254 e. The number of para-hydroxylation sites is 1. The van der Waals surface area contributed by atoms with Gasteiger partial charge in [0.05, 0.1) is 0 Å². The van der Waals surface area contributed by atoms with E-state index in [4.69, 9.17) is 4.74 Å². The van der Waals surface area contributed by atoms with Gasteiger partial charge in [-0.05, 0) is 37.3 Å². The Balaban J connectivity index is 0.00000192. The van der Waals surface area contributed by atoms with Crippen LogP contribution in [0.15, 0.2) is 54.6 Å². The van der Waals surface area contributed by atoms with Crippen LogP contribution < -0.4 is 10.1 Å². The standard InChI is InChI=1S/C18H20N2O2.ClH/c1-14-13-19-10-11-20(14)18(21)15-6-5-9-17(12-15)22-16-7-3-2-4-8-16;/h2-9,12,14,19H,10-11,13H2,1H3;1H. The second kappa shape index (κ2) is 7.99. The molecule has 1 amide bonds. The lowest BCUT2D eigenvalue weighted by Gasteiger charge is -2.34. The van der Waals surface area contributed by atoms with Crippen LogP contribution in [-0.4, -0.2) is 36.5 Å². The smallest absolute Gasteiger partial charge is 0.254 e. The number of halogens is 1. The molecule has 0 saturated carbocycles. The molecular formula is C18H21ClN2O2. The minimum Gasteiger partial charge on any atom is -0.457 e. The largest absolute Gasteiger partial charge is 0.457 e. The third-order valence-electron chi connectivity index (χ3n) is 3.82. The molecule has 1 aliphatic rings. The van der Waals surface area contributed by atoms with Crippen LogP contribution in [0.25, 0.3) is 0 Å². The predicted octanol–water partition coefficient (Wildman–Crippen LogP) is 3.33. The summed E-state index contributed by atoms with van der Waals surface area (Å²) in [5, 5.41) is 3.30. The van der Waals surface area contributed by atoms with Crippen LogP contribution in [0.5, 0.6) is 11.5 Å². The fourth-order valence-corrected chi connectivity index (χ4v) is 2.63. The second-order valence-corrected chi connectivity index (χ2v) is 5.49. The van der Waals surface area contributed by atoms with Crippen molar-refractivity contribution in [2.24, 2.45) is 0 Å². The summed E-state index contributed by atoms with van der Waals surface area (Å²) in [5.74, 6) is 1.51. The molecule has 1 fully saturated rings. The molecule has 0 bridgehead atoms. The van der Waals surface area contributed by atoms with Gasteiger partial charge in [0.2, 0.25) is 0 Å². The van der Waals surface area contributed by atoms with Crippen LogP contribution in [0, 0.1) is 0 Å². The van der Waals surface area contributed by atoms with Crippen LogP contribution in [0.3, 0.4) is 0 Å². The van der Waals surface area contributed by atoms with Crippen molar-refractivity contribution in [3.63, 3.8) is 0 Å². The molecule has 1 saturated heterocycles. The van der Waals surface area contributed by atoms with Gasteiger partial charge in [-0.3, -0.25) is 4.79 Å². The van der Waals surface area contributed by atoms with E-state index in [1.165, 1.54) is 0 Å². The first-order valence-corrected chi connectivity index (χ1v) is 7.59. The highest BCUT2D eigenvalue weighted by molar-refractivity contribution is 5.95. The number of rotatable bonds is 3. The number of benzene rings is 2. The highest BCUT2D eigenvalue weighted by atomic mass is 35.5. The summed E-state index contributed by atoms with van der Waals surface area (Å²) in [4.78, 5) is 14.6. The topological polar surface area (TPSA) is 41.6 Å². The zero-order valence-corrected chi connectivity index (χ0v) is 13.9. The van der Waals surface area contributed by atoms with Crippen molar-refractivity contribution in [1.29, 1.82) is 0 Å². The number of hydrogen-bond donors (Lipinski definition) is 1. The maximum absolute atomic E-state index is 12.7. The second-order valence-electron chi connectivity index (χ2n) is 5.49. The zero-order valence-electron chi connectivity index (χ0n) is 13.1. The van der Waals surface area contributed by atoms with Gasteiger partial charge in [-0.25, -0.2) is 0 Å². The van der Waals surface area contributed by atoms with Gasteiger partial charge in [0.25, 0.3) is 5.91 Å². The normalized spacial score (nSPS) is 17.3. The molecule has 4 nitrogen and oxygen atoms in total. The summed E-state index contributed by atoms with van der Waals surface area (Å²) < 4.78 is 5.80. The Labute approximate surface area is 142 Å². The molecule has 0 aromatic heterocycles. The number of carbonyl (C=O) groups is 1. The van der Waals surface area contributed by atoms with E-state index in [-0.39, 0.29) is 24.4 Å². The molecule has 1 atom stereocenters. The minimum absolute atomic E-state index is 0. The highest BCUT2D eigenvalue weighted by Gasteiger charge is 2.24. The van der Waals surface area contributed by atoms with Crippen molar-refractivity contribution < 1.29 is 9.53 Å². The zero-order chi connectivity index (χ0) is 15.4.